The Morgan fingerprint density at radius 1 is 0.604 bits per heavy atom. The van der Waals surface area contributed by atoms with E-state index in [1.165, 1.54) is 0 Å². The molecule has 2 unspecified atom stereocenters. The summed E-state index contributed by atoms with van der Waals surface area (Å²) in [5.74, 6) is 0. The summed E-state index contributed by atoms with van der Waals surface area (Å²) in [6, 6.07) is 29.3. The number of amides is 2. The van der Waals surface area contributed by atoms with Crippen LogP contribution in [0.2, 0.25) is 0 Å². The predicted octanol–water partition coefficient (Wildman–Crippen LogP) is 6.79. The van der Waals surface area contributed by atoms with Crippen molar-refractivity contribution in [1.29, 1.82) is 0 Å². The van der Waals surface area contributed by atoms with Gasteiger partial charge in [0, 0.05) is 11.1 Å². The van der Waals surface area contributed by atoms with Gasteiger partial charge in [0.1, 0.15) is 0 Å². The number of nitrogens with zero attached hydrogens (tertiary/aromatic N) is 2. The minimum Gasteiger partial charge on any atom is -0.632 e. The Morgan fingerprint density at radius 2 is 0.896 bits per heavy atom. The van der Waals surface area contributed by atoms with Gasteiger partial charge in [0.25, 0.3) is 0 Å². The van der Waals surface area contributed by atoms with Gasteiger partial charge in [-0.15, -0.1) is 0 Å². The van der Waals surface area contributed by atoms with Crippen molar-refractivity contribution in [1.82, 2.24) is 19.9 Å². The number of benzene rings is 4. The molecule has 240 valence electrons. The molecule has 2 aromatic heterocycles. The molecule has 4 aromatic carbocycles. The van der Waals surface area contributed by atoms with Crippen molar-refractivity contribution < 1.29 is 65.8 Å². The predicted molar refractivity (Wildman–Crippen MR) is 183 cm³/mol. The van der Waals surface area contributed by atoms with Crippen LogP contribution in [0.5, 0.6) is 0 Å². The van der Waals surface area contributed by atoms with E-state index < -0.39 is 12.2 Å². The molecule has 0 saturated heterocycles. The van der Waals surface area contributed by atoms with E-state index in [2.05, 4.69) is 102 Å². The smallest absolute Gasteiger partial charge is 0.632 e. The van der Waals surface area contributed by atoms with Crippen molar-refractivity contribution in [2.75, 3.05) is 14.2 Å². The fourth-order valence-corrected chi connectivity index (χ4v) is 5.19. The molecule has 2 radical (unpaired) electrons. The van der Waals surface area contributed by atoms with E-state index in [1.807, 2.05) is 12.1 Å². The number of fused-ring (bicyclic) bond motifs is 2. The third-order valence-electron chi connectivity index (χ3n) is 6.50. The SMILES string of the molecule is COC([NH-])=O.COC([NH-])=O.O=[C-]Pc1ncc(-c2ccc3cc(-c4ccc5cc(-c6cnc(P[C-]=O)[nH]6)ccc5c4)ccc3c2)[nH]1.[V+2].[V+2]. The van der Waals surface area contributed by atoms with Crippen LogP contribution in [-0.4, -0.2) is 58.4 Å². The number of ether oxygens (including phenoxy) is 2. The van der Waals surface area contributed by atoms with Gasteiger partial charge in [-0.25, -0.2) is 22.0 Å². The first-order valence-electron chi connectivity index (χ1n) is 13.3. The topological polar surface area (TPSA) is 192 Å². The molecule has 6 aromatic rings. The summed E-state index contributed by atoms with van der Waals surface area (Å²) in [6.45, 7) is 0. The fourth-order valence-electron chi connectivity index (χ4n) is 4.35. The van der Waals surface area contributed by atoms with Crippen LogP contribution in [0.25, 0.3) is 66.7 Å². The first-order chi connectivity index (χ1) is 22.2. The van der Waals surface area contributed by atoms with Crippen molar-refractivity contribution in [3.05, 3.63) is 96.7 Å². The summed E-state index contributed by atoms with van der Waals surface area (Å²) in [5.41, 5.74) is 19.4. The maximum absolute atomic E-state index is 10.6. The number of rotatable bonds is 7. The maximum Gasteiger partial charge on any atom is 2.00 e. The van der Waals surface area contributed by atoms with Gasteiger partial charge in [-0.1, -0.05) is 48.5 Å². The maximum atomic E-state index is 10.6. The summed E-state index contributed by atoms with van der Waals surface area (Å²) >= 11 is 0. The molecule has 2 heterocycles. The number of carbonyl (C=O) groups excluding carboxylic acids is 4. The molecule has 2 amide bonds. The van der Waals surface area contributed by atoms with E-state index >= 15 is 0 Å². The van der Waals surface area contributed by atoms with Gasteiger partial charge < -0.3 is 40.5 Å². The molecular weight excluding hydrogens is 728 g/mol. The number of hydrogen-bond acceptors (Lipinski definition) is 8. The van der Waals surface area contributed by atoms with Gasteiger partial charge in [-0.2, -0.15) is 17.2 Å². The molecule has 16 heteroatoms. The quantitative estimate of drug-likeness (QED) is 0.131. The Bertz CT molecular complexity index is 1880. The molecule has 6 rings (SSSR count). The zero-order valence-electron chi connectivity index (χ0n) is 25.3. The molecule has 12 nitrogen and oxygen atoms in total. The summed E-state index contributed by atoms with van der Waals surface area (Å²) < 4.78 is 7.56. The van der Waals surface area contributed by atoms with Gasteiger partial charge in [0.2, 0.25) is 12.2 Å². The Kier molecular flexibility index (Phi) is 16.2. The van der Waals surface area contributed by atoms with Crippen LogP contribution in [0.1, 0.15) is 0 Å². The Balaban J connectivity index is 0.000000588. The molecule has 0 spiro atoms. The summed E-state index contributed by atoms with van der Waals surface area (Å²) in [7, 11) is 2.15. The van der Waals surface area contributed by atoms with Crippen LogP contribution in [0.3, 0.4) is 0 Å². The minimum absolute atomic E-state index is 0. The molecule has 48 heavy (non-hydrogen) atoms. The number of H-pyrrole nitrogens is 2. The molecule has 0 fully saturated rings. The van der Waals surface area contributed by atoms with E-state index in [0.717, 1.165) is 69.4 Å². The van der Waals surface area contributed by atoms with Crippen LogP contribution >= 0.6 is 17.2 Å². The number of aromatic nitrogens is 4. The van der Waals surface area contributed by atoms with Crippen LogP contribution in [0, 0.1) is 0 Å². The molecule has 0 aliphatic heterocycles. The van der Waals surface area contributed by atoms with E-state index in [0.29, 0.717) is 11.1 Å². The average molecular weight is 754 g/mol. The first-order valence-corrected chi connectivity index (χ1v) is 15.3. The molecule has 4 N–H and O–H groups in total. The number of methoxy groups -OCH3 is 2. The third-order valence-corrected chi connectivity index (χ3v) is 7.68. The van der Waals surface area contributed by atoms with Crippen molar-refractivity contribution in [2.24, 2.45) is 0 Å². The second-order valence-electron chi connectivity index (χ2n) is 9.28. The van der Waals surface area contributed by atoms with E-state index in [9.17, 15) is 19.2 Å². The van der Waals surface area contributed by atoms with Gasteiger partial charge in [0.05, 0.1) is 49.1 Å². The molecule has 2 atom stereocenters. The number of nitrogens with one attached hydrogen (secondary N) is 4. The van der Waals surface area contributed by atoms with Gasteiger partial charge in [-0.3, -0.25) is 9.59 Å². The summed E-state index contributed by atoms with van der Waals surface area (Å²) in [4.78, 5) is 54.6. The van der Waals surface area contributed by atoms with Gasteiger partial charge in [-0.05, 0) is 56.9 Å². The van der Waals surface area contributed by atoms with E-state index in [1.54, 1.807) is 12.4 Å². The average Bonchev–Trinajstić information content (AvgIpc) is 3.75. The Labute approximate surface area is 302 Å². The van der Waals surface area contributed by atoms with Gasteiger partial charge >= 0.3 is 37.1 Å². The van der Waals surface area contributed by atoms with E-state index in [4.69, 9.17) is 11.5 Å². The number of carbonyl (C=O) groups is 2. The largest absolute Gasteiger partial charge is 2.00 e. The molecule has 0 saturated carbocycles. The van der Waals surface area contributed by atoms with Crippen LogP contribution in [-0.2, 0) is 56.2 Å². The Hall–Kier alpha value is -4.27. The van der Waals surface area contributed by atoms with Crippen molar-refractivity contribution in [2.45, 2.75) is 0 Å². The van der Waals surface area contributed by atoms with Crippen LogP contribution in [0.15, 0.2) is 85.2 Å². The molecule has 0 aliphatic carbocycles. The second kappa shape index (κ2) is 19.5. The third kappa shape index (κ3) is 10.9. The minimum atomic E-state index is -0.995. The fraction of sp³-hybridized carbons (Fsp3) is 0.0625. The summed E-state index contributed by atoms with van der Waals surface area (Å²) in [5, 5.41) is 4.57. The molecular formula is C32H26N6O6P2V2. The van der Waals surface area contributed by atoms with Crippen LogP contribution < -0.4 is 11.1 Å². The molecule has 0 bridgehead atoms. The van der Waals surface area contributed by atoms with E-state index in [-0.39, 0.29) is 54.3 Å². The molecule has 0 aliphatic rings. The Morgan fingerprint density at radius 3 is 1.19 bits per heavy atom. The van der Waals surface area contributed by atoms with Crippen molar-refractivity contribution in [3.8, 4) is 33.6 Å². The van der Waals surface area contributed by atoms with Crippen LogP contribution in [0.4, 0.5) is 9.59 Å². The summed E-state index contributed by atoms with van der Waals surface area (Å²) in [6.07, 6.45) is 1.52. The number of aromatic amines is 2. The van der Waals surface area contributed by atoms with Gasteiger partial charge in [0.15, 0.2) is 0 Å². The van der Waals surface area contributed by atoms with Crippen molar-refractivity contribution >= 4 is 74.1 Å². The zero-order valence-corrected chi connectivity index (χ0v) is 30.1. The monoisotopic (exact) mass is 754 g/mol. The zero-order chi connectivity index (χ0) is 33.1. The standard InChI is InChI=1S/C28H18N4O2P2.2C2H5NO2.2V/c33-15-35-27-29-13-25(31-27)23-7-5-19-9-17(1-3-21(19)11-23)18-2-4-22-12-24(8-6-20(22)10-18)26-14-30-28(32-26)36-16-34;2*1-5-2(3)4;;/h1-14,35-36H,(H,29,31)(H,30,32);2*1H3,(H2,3,4);;/q-2;;;2*+2/p-2. The normalized spacial score (nSPS) is 10.3. The number of hydrogen-bond donors (Lipinski definition) is 2. The first kappa shape index (κ1) is 39.9. The number of imidazole rings is 2. The second-order valence-corrected chi connectivity index (χ2v) is 11.1. The van der Waals surface area contributed by atoms with Crippen molar-refractivity contribution in [3.63, 3.8) is 0 Å².